The fourth-order valence-electron chi connectivity index (χ4n) is 3.42. The lowest BCUT2D eigenvalue weighted by Gasteiger charge is -2.20. The number of carbonyl (C=O) groups is 2. The number of ether oxygens (including phenoxy) is 1. The lowest BCUT2D eigenvalue weighted by molar-refractivity contribution is -0.145. The monoisotopic (exact) mass is 357 g/mol. The van der Waals surface area contributed by atoms with Crippen molar-refractivity contribution in [1.82, 2.24) is 9.78 Å². The molecular weight excluding hydrogens is 341 g/mol. The van der Waals surface area contributed by atoms with E-state index in [1.165, 1.54) is 12.1 Å². The number of fused-ring (bicyclic) bond motifs is 2. The zero-order valence-corrected chi connectivity index (χ0v) is 13.6. The quantitative estimate of drug-likeness (QED) is 0.794. The number of aromatic nitrogens is 2. The first-order chi connectivity index (χ1) is 12.5. The van der Waals surface area contributed by atoms with Gasteiger partial charge in [-0.25, -0.2) is 4.39 Å². The van der Waals surface area contributed by atoms with E-state index in [1.54, 1.807) is 41.2 Å². The van der Waals surface area contributed by atoms with Gasteiger partial charge in [0.1, 0.15) is 11.7 Å². The summed E-state index contributed by atoms with van der Waals surface area (Å²) in [4.78, 5) is 24.0. The molecule has 3 heterocycles. The van der Waals surface area contributed by atoms with Gasteiger partial charge in [-0.15, -0.1) is 0 Å². The molecule has 1 amide bonds. The molecule has 1 aromatic carbocycles. The zero-order valence-electron chi connectivity index (χ0n) is 13.6. The van der Waals surface area contributed by atoms with Crippen LogP contribution in [0.25, 0.3) is 0 Å². The predicted octanol–water partition coefficient (Wildman–Crippen LogP) is 1.66. The number of amides is 1. The number of carboxylic acids is 1. The van der Waals surface area contributed by atoms with Gasteiger partial charge < -0.3 is 15.2 Å². The molecule has 0 saturated carbocycles. The molecular formula is C18H16FN3O4. The molecule has 134 valence electrons. The second kappa shape index (κ2) is 6.38. The third-order valence-electron chi connectivity index (χ3n) is 4.64. The van der Waals surface area contributed by atoms with Crippen molar-refractivity contribution in [2.75, 3.05) is 5.32 Å². The first-order valence-electron chi connectivity index (χ1n) is 8.16. The summed E-state index contributed by atoms with van der Waals surface area (Å²) < 4.78 is 20.1. The van der Waals surface area contributed by atoms with E-state index in [0.29, 0.717) is 12.4 Å². The van der Waals surface area contributed by atoms with Crippen molar-refractivity contribution in [3.63, 3.8) is 0 Å². The smallest absolute Gasteiger partial charge is 0.310 e. The molecule has 2 aliphatic heterocycles. The van der Waals surface area contributed by atoms with Gasteiger partial charge >= 0.3 is 5.97 Å². The van der Waals surface area contributed by atoms with Crippen LogP contribution in [0.1, 0.15) is 5.56 Å². The van der Waals surface area contributed by atoms with E-state index >= 15 is 0 Å². The number of hydrogen-bond donors (Lipinski definition) is 2. The molecule has 1 fully saturated rings. The molecule has 1 aromatic heterocycles. The van der Waals surface area contributed by atoms with Crippen molar-refractivity contribution in [2.24, 2.45) is 11.8 Å². The Morgan fingerprint density at radius 1 is 1.15 bits per heavy atom. The molecule has 4 atom stereocenters. The number of anilines is 1. The minimum absolute atomic E-state index is 0.308. The summed E-state index contributed by atoms with van der Waals surface area (Å²) in [5, 5.41) is 16.3. The van der Waals surface area contributed by atoms with E-state index in [0.717, 1.165) is 5.56 Å². The first-order valence-corrected chi connectivity index (χ1v) is 8.16. The Balaban J connectivity index is 1.44. The molecule has 8 heteroatoms. The summed E-state index contributed by atoms with van der Waals surface area (Å²) in [6.45, 7) is 0.424. The van der Waals surface area contributed by atoms with Gasteiger partial charge in [0.25, 0.3) is 0 Å². The second-order valence-electron chi connectivity index (χ2n) is 6.35. The standard InChI is InChI=1S/C18H16FN3O4/c19-11-3-1-10(2-4-11)9-22-8-7-14(21-22)20-17(23)15-12-5-6-13(26-12)16(15)18(24)25/h1-8,12-13,15-16H,9H2,(H,24,25)(H,20,21,23)/t12-,13-,15+,16-/m0/s1. The number of benzene rings is 1. The Morgan fingerprint density at radius 2 is 1.85 bits per heavy atom. The highest BCUT2D eigenvalue weighted by Gasteiger charge is 2.53. The third-order valence-corrected chi connectivity index (χ3v) is 4.64. The van der Waals surface area contributed by atoms with Crippen LogP contribution < -0.4 is 5.32 Å². The van der Waals surface area contributed by atoms with Crippen molar-refractivity contribution in [3.8, 4) is 0 Å². The number of nitrogens with zero attached hydrogens (tertiary/aromatic N) is 2. The fraction of sp³-hybridized carbons (Fsp3) is 0.278. The van der Waals surface area contributed by atoms with Crippen molar-refractivity contribution < 1.29 is 23.8 Å². The van der Waals surface area contributed by atoms with Gasteiger partial charge in [-0.1, -0.05) is 24.3 Å². The molecule has 0 aliphatic carbocycles. The first kappa shape index (κ1) is 16.5. The third kappa shape index (κ3) is 2.99. The number of aliphatic carboxylic acids is 1. The summed E-state index contributed by atoms with van der Waals surface area (Å²) in [7, 11) is 0. The van der Waals surface area contributed by atoms with Crippen LogP contribution in [0.2, 0.25) is 0 Å². The number of carbonyl (C=O) groups excluding carboxylic acids is 1. The van der Waals surface area contributed by atoms with Crippen LogP contribution in [-0.4, -0.2) is 39.0 Å². The summed E-state index contributed by atoms with van der Waals surface area (Å²) >= 11 is 0. The molecule has 7 nitrogen and oxygen atoms in total. The molecule has 2 aromatic rings. The van der Waals surface area contributed by atoms with E-state index in [9.17, 15) is 19.1 Å². The molecule has 4 rings (SSSR count). The molecule has 2 aliphatic rings. The zero-order chi connectivity index (χ0) is 18.3. The van der Waals surface area contributed by atoms with Crippen LogP contribution in [0.5, 0.6) is 0 Å². The van der Waals surface area contributed by atoms with E-state index in [-0.39, 0.29) is 5.82 Å². The van der Waals surface area contributed by atoms with Crippen molar-refractivity contribution in [1.29, 1.82) is 0 Å². The van der Waals surface area contributed by atoms with Gasteiger partial charge in [-0.2, -0.15) is 5.10 Å². The average Bonchev–Trinajstić information content (AvgIpc) is 3.32. The highest BCUT2D eigenvalue weighted by molar-refractivity contribution is 5.96. The lowest BCUT2D eigenvalue weighted by Crippen LogP contribution is -2.39. The van der Waals surface area contributed by atoms with Crippen LogP contribution in [0.15, 0.2) is 48.7 Å². The van der Waals surface area contributed by atoms with Crippen LogP contribution >= 0.6 is 0 Å². The van der Waals surface area contributed by atoms with Crippen molar-refractivity contribution in [2.45, 2.75) is 18.8 Å². The van der Waals surface area contributed by atoms with Gasteiger partial charge in [-0.05, 0) is 17.7 Å². The molecule has 2 N–H and O–H groups in total. The second-order valence-corrected chi connectivity index (χ2v) is 6.35. The molecule has 0 unspecified atom stereocenters. The summed E-state index contributed by atoms with van der Waals surface area (Å²) in [6, 6.07) is 7.69. The van der Waals surface area contributed by atoms with Gasteiger partial charge in [0.05, 0.1) is 24.7 Å². The number of carboxylic acid groups (broad SMARTS) is 1. The molecule has 26 heavy (non-hydrogen) atoms. The fourth-order valence-corrected chi connectivity index (χ4v) is 3.42. The number of hydrogen-bond acceptors (Lipinski definition) is 4. The van der Waals surface area contributed by atoms with Gasteiger partial charge in [-0.3, -0.25) is 14.3 Å². The Labute approximate surface area is 148 Å². The molecule has 0 radical (unpaired) electrons. The van der Waals surface area contributed by atoms with Crippen LogP contribution in [0.3, 0.4) is 0 Å². The Bertz CT molecular complexity index is 877. The SMILES string of the molecule is O=C(O)[C@@H]1[C@H](C(=O)Nc2ccn(Cc3ccc(F)cc3)n2)[C@@H]2C=C[C@@H]1O2. The van der Waals surface area contributed by atoms with Crippen LogP contribution in [0, 0.1) is 17.7 Å². The predicted molar refractivity (Wildman–Crippen MR) is 88.8 cm³/mol. The minimum Gasteiger partial charge on any atom is -0.481 e. The summed E-state index contributed by atoms with van der Waals surface area (Å²) in [5.74, 6) is -3.15. The van der Waals surface area contributed by atoms with Crippen LogP contribution in [-0.2, 0) is 20.9 Å². The average molecular weight is 357 g/mol. The van der Waals surface area contributed by atoms with Crippen LogP contribution in [0.4, 0.5) is 10.2 Å². The molecule has 0 spiro atoms. The highest BCUT2D eigenvalue weighted by Crippen LogP contribution is 2.39. The van der Waals surface area contributed by atoms with E-state index < -0.39 is 35.9 Å². The molecule has 1 saturated heterocycles. The largest absolute Gasteiger partial charge is 0.481 e. The van der Waals surface area contributed by atoms with Gasteiger partial charge in [0.2, 0.25) is 5.91 Å². The minimum atomic E-state index is -1.05. The summed E-state index contributed by atoms with van der Waals surface area (Å²) in [6.07, 6.45) is 4.00. The van der Waals surface area contributed by atoms with Gasteiger partial charge in [0, 0.05) is 12.3 Å². The number of nitrogens with one attached hydrogen (secondary N) is 1. The normalized spacial score (nSPS) is 26.2. The topological polar surface area (TPSA) is 93.4 Å². The maximum absolute atomic E-state index is 12.9. The number of rotatable bonds is 5. The number of halogens is 1. The summed E-state index contributed by atoms with van der Waals surface area (Å²) in [5.41, 5.74) is 0.866. The Morgan fingerprint density at radius 3 is 2.54 bits per heavy atom. The van der Waals surface area contributed by atoms with Crippen molar-refractivity contribution in [3.05, 3.63) is 60.1 Å². The maximum Gasteiger partial charge on any atom is 0.310 e. The lowest BCUT2D eigenvalue weighted by atomic mass is 9.82. The molecule has 2 bridgehead atoms. The van der Waals surface area contributed by atoms with Gasteiger partial charge in [0.15, 0.2) is 5.82 Å². The maximum atomic E-state index is 12.9. The Kier molecular flexibility index (Phi) is 4.04. The Hall–Kier alpha value is -3.00. The van der Waals surface area contributed by atoms with Crippen molar-refractivity contribution >= 4 is 17.7 Å². The highest BCUT2D eigenvalue weighted by atomic mass is 19.1. The van der Waals surface area contributed by atoms with E-state index in [2.05, 4.69) is 10.4 Å². The van der Waals surface area contributed by atoms with E-state index in [4.69, 9.17) is 4.74 Å². The van der Waals surface area contributed by atoms with E-state index in [1.807, 2.05) is 0 Å².